The van der Waals surface area contributed by atoms with Crippen molar-refractivity contribution in [3.8, 4) is 0 Å². The molecule has 0 saturated carbocycles. The maximum Gasteiger partial charge on any atom is 0.126 e. The van der Waals surface area contributed by atoms with Crippen molar-refractivity contribution >= 4 is 5.82 Å². The van der Waals surface area contributed by atoms with Gasteiger partial charge in [-0.2, -0.15) is 5.10 Å². The molecule has 2 rings (SSSR count). The molecule has 0 aliphatic carbocycles. The summed E-state index contributed by atoms with van der Waals surface area (Å²) in [7, 11) is 1.97. The molecule has 1 saturated heterocycles. The molecular weight excluding hydrogens is 164 g/mol. The van der Waals surface area contributed by atoms with Crippen molar-refractivity contribution in [3.63, 3.8) is 0 Å². The summed E-state index contributed by atoms with van der Waals surface area (Å²) in [4.78, 5) is 2.31. The predicted molar refractivity (Wildman–Crippen MR) is 52.6 cm³/mol. The molecule has 13 heavy (non-hydrogen) atoms. The number of piperidine rings is 1. The van der Waals surface area contributed by atoms with Crippen molar-refractivity contribution in [2.24, 2.45) is 12.8 Å². The lowest BCUT2D eigenvalue weighted by atomic mass is 10.1. The SMILES string of the molecule is Cn1nccc1N1CCC[C@H](N)C1. The Balaban J connectivity index is 2.12. The van der Waals surface area contributed by atoms with Crippen molar-refractivity contribution in [3.05, 3.63) is 12.3 Å². The summed E-state index contributed by atoms with van der Waals surface area (Å²) in [5.74, 6) is 1.18. The molecule has 0 unspecified atom stereocenters. The minimum atomic E-state index is 0.323. The van der Waals surface area contributed by atoms with Gasteiger partial charge in [0.05, 0.1) is 6.20 Å². The molecule has 4 heteroatoms. The van der Waals surface area contributed by atoms with Crippen molar-refractivity contribution in [2.75, 3.05) is 18.0 Å². The highest BCUT2D eigenvalue weighted by Gasteiger charge is 2.18. The Morgan fingerprint density at radius 3 is 3.08 bits per heavy atom. The topological polar surface area (TPSA) is 47.1 Å². The highest BCUT2D eigenvalue weighted by atomic mass is 15.4. The third kappa shape index (κ3) is 1.67. The predicted octanol–water partition coefficient (Wildman–Crippen LogP) is 0.348. The Morgan fingerprint density at radius 2 is 2.46 bits per heavy atom. The number of nitrogens with two attached hydrogens (primary N) is 1. The van der Waals surface area contributed by atoms with E-state index in [0.29, 0.717) is 6.04 Å². The summed E-state index contributed by atoms with van der Waals surface area (Å²) in [6, 6.07) is 2.36. The first-order valence-corrected chi connectivity index (χ1v) is 4.76. The molecule has 1 aliphatic heterocycles. The molecule has 1 atom stereocenters. The van der Waals surface area contributed by atoms with E-state index in [0.717, 1.165) is 19.5 Å². The number of hydrogen-bond donors (Lipinski definition) is 1. The second-order valence-corrected chi connectivity index (χ2v) is 3.66. The fraction of sp³-hybridized carbons (Fsp3) is 0.667. The zero-order chi connectivity index (χ0) is 9.26. The summed E-state index contributed by atoms with van der Waals surface area (Å²) >= 11 is 0. The first-order valence-electron chi connectivity index (χ1n) is 4.76. The molecular formula is C9H16N4. The van der Waals surface area contributed by atoms with E-state index in [9.17, 15) is 0 Å². The van der Waals surface area contributed by atoms with Crippen LogP contribution in [-0.4, -0.2) is 28.9 Å². The van der Waals surface area contributed by atoms with E-state index >= 15 is 0 Å². The highest BCUT2D eigenvalue weighted by molar-refractivity contribution is 5.38. The Morgan fingerprint density at radius 1 is 1.62 bits per heavy atom. The average Bonchev–Trinajstić information content (AvgIpc) is 2.51. The molecule has 0 spiro atoms. The van der Waals surface area contributed by atoms with Crippen LogP contribution >= 0.6 is 0 Å². The van der Waals surface area contributed by atoms with Gasteiger partial charge < -0.3 is 10.6 Å². The lowest BCUT2D eigenvalue weighted by Gasteiger charge is -2.32. The molecule has 0 radical (unpaired) electrons. The van der Waals surface area contributed by atoms with Gasteiger partial charge in [0.2, 0.25) is 0 Å². The van der Waals surface area contributed by atoms with E-state index in [4.69, 9.17) is 5.73 Å². The fourth-order valence-corrected chi connectivity index (χ4v) is 1.90. The largest absolute Gasteiger partial charge is 0.355 e. The molecule has 72 valence electrons. The van der Waals surface area contributed by atoms with Crippen molar-refractivity contribution < 1.29 is 0 Å². The molecule has 4 nitrogen and oxygen atoms in total. The van der Waals surface area contributed by atoms with Crippen molar-refractivity contribution in [1.29, 1.82) is 0 Å². The first-order chi connectivity index (χ1) is 6.27. The van der Waals surface area contributed by atoms with Gasteiger partial charge in [0.15, 0.2) is 0 Å². The van der Waals surface area contributed by atoms with Gasteiger partial charge >= 0.3 is 0 Å². The average molecular weight is 180 g/mol. The highest BCUT2D eigenvalue weighted by Crippen LogP contribution is 2.17. The van der Waals surface area contributed by atoms with E-state index in [1.54, 1.807) is 0 Å². The first kappa shape index (κ1) is 8.56. The van der Waals surface area contributed by atoms with Gasteiger partial charge in [-0.05, 0) is 12.8 Å². The van der Waals surface area contributed by atoms with Gasteiger partial charge in [-0.3, -0.25) is 4.68 Å². The third-order valence-electron chi connectivity index (χ3n) is 2.58. The van der Waals surface area contributed by atoms with Gasteiger partial charge in [0, 0.05) is 32.2 Å². The van der Waals surface area contributed by atoms with Crippen LogP contribution in [0.25, 0.3) is 0 Å². The van der Waals surface area contributed by atoms with E-state index in [-0.39, 0.29) is 0 Å². The summed E-state index contributed by atoms with van der Waals surface area (Å²) in [5, 5.41) is 4.15. The number of aryl methyl sites for hydroxylation is 1. The van der Waals surface area contributed by atoms with Gasteiger partial charge in [-0.1, -0.05) is 0 Å². The second kappa shape index (κ2) is 3.38. The van der Waals surface area contributed by atoms with Crippen LogP contribution in [0.5, 0.6) is 0 Å². The molecule has 0 aromatic carbocycles. The molecule has 0 bridgehead atoms. The zero-order valence-corrected chi connectivity index (χ0v) is 7.98. The standard InChI is InChI=1S/C9H16N4/c1-12-9(4-5-11-12)13-6-2-3-8(10)7-13/h4-5,8H,2-3,6-7,10H2,1H3/t8-/m0/s1. The van der Waals surface area contributed by atoms with Crippen molar-refractivity contribution in [1.82, 2.24) is 9.78 Å². The monoisotopic (exact) mass is 180 g/mol. The minimum absolute atomic E-state index is 0.323. The van der Waals surface area contributed by atoms with E-state index in [1.165, 1.54) is 12.2 Å². The number of aromatic nitrogens is 2. The number of rotatable bonds is 1. The van der Waals surface area contributed by atoms with Crippen LogP contribution in [-0.2, 0) is 7.05 Å². The molecule has 1 aromatic rings. The van der Waals surface area contributed by atoms with Gasteiger partial charge in [-0.25, -0.2) is 0 Å². The van der Waals surface area contributed by atoms with E-state index in [1.807, 2.05) is 24.0 Å². The molecule has 2 N–H and O–H groups in total. The Hall–Kier alpha value is -1.03. The Labute approximate surface area is 78.3 Å². The quantitative estimate of drug-likeness (QED) is 0.678. The summed E-state index contributed by atoms with van der Waals surface area (Å²) < 4.78 is 1.90. The molecule has 2 heterocycles. The van der Waals surface area contributed by atoms with Gasteiger partial charge in [0.1, 0.15) is 5.82 Å². The minimum Gasteiger partial charge on any atom is -0.355 e. The molecule has 0 amide bonds. The maximum atomic E-state index is 5.91. The number of anilines is 1. The lowest BCUT2D eigenvalue weighted by molar-refractivity contribution is 0.497. The van der Waals surface area contributed by atoms with Crippen LogP contribution in [0, 0.1) is 0 Å². The smallest absolute Gasteiger partial charge is 0.126 e. The van der Waals surface area contributed by atoms with E-state index < -0.39 is 0 Å². The summed E-state index contributed by atoms with van der Waals surface area (Å²) in [5.41, 5.74) is 5.91. The summed E-state index contributed by atoms with van der Waals surface area (Å²) in [6.07, 6.45) is 4.16. The number of hydrogen-bond acceptors (Lipinski definition) is 3. The van der Waals surface area contributed by atoms with Crippen LogP contribution in [0.3, 0.4) is 0 Å². The lowest BCUT2D eigenvalue weighted by Crippen LogP contribution is -2.43. The summed E-state index contributed by atoms with van der Waals surface area (Å²) in [6.45, 7) is 2.06. The van der Waals surface area contributed by atoms with Crippen LogP contribution in [0.1, 0.15) is 12.8 Å². The fourth-order valence-electron chi connectivity index (χ4n) is 1.90. The third-order valence-corrected chi connectivity index (χ3v) is 2.58. The van der Waals surface area contributed by atoms with Crippen LogP contribution in [0.15, 0.2) is 12.3 Å². The second-order valence-electron chi connectivity index (χ2n) is 3.66. The maximum absolute atomic E-state index is 5.91. The molecule has 1 fully saturated rings. The van der Waals surface area contributed by atoms with Crippen molar-refractivity contribution in [2.45, 2.75) is 18.9 Å². The van der Waals surface area contributed by atoms with Crippen LogP contribution < -0.4 is 10.6 Å². The number of nitrogens with zero attached hydrogens (tertiary/aromatic N) is 3. The van der Waals surface area contributed by atoms with Crippen LogP contribution in [0.2, 0.25) is 0 Å². The Bertz CT molecular complexity index is 281. The zero-order valence-electron chi connectivity index (χ0n) is 7.98. The normalized spacial score (nSPS) is 23.5. The van der Waals surface area contributed by atoms with Crippen LogP contribution in [0.4, 0.5) is 5.82 Å². The van der Waals surface area contributed by atoms with E-state index in [2.05, 4.69) is 10.00 Å². The molecule has 1 aliphatic rings. The van der Waals surface area contributed by atoms with Gasteiger partial charge in [-0.15, -0.1) is 0 Å². The van der Waals surface area contributed by atoms with Gasteiger partial charge in [0.25, 0.3) is 0 Å². The Kier molecular flexibility index (Phi) is 2.22. The molecule has 1 aromatic heterocycles.